The molecule has 0 saturated carbocycles. The molecule has 0 rings (SSSR count). The number of nitrogens with one attached hydrogen (secondary N) is 1. The highest BCUT2D eigenvalue weighted by molar-refractivity contribution is 5.78. The summed E-state index contributed by atoms with van der Waals surface area (Å²) in [4.78, 5) is 24.5. The van der Waals surface area contributed by atoms with Crippen molar-refractivity contribution in [1.82, 2.24) is 10.2 Å². The highest BCUT2D eigenvalue weighted by atomic mass is 16.2. The van der Waals surface area contributed by atoms with Crippen molar-refractivity contribution < 1.29 is 9.59 Å². The molecule has 2 amide bonds. The van der Waals surface area contributed by atoms with Crippen molar-refractivity contribution >= 4 is 11.8 Å². The predicted molar refractivity (Wildman–Crippen MR) is 65.0 cm³/mol. The van der Waals surface area contributed by atoms with E-state index in [2.05, 4.69) is 5.32 Å². The van der Waals surface area contributed by atoms with Gasteiger partial charge in [0.25, 0.3) is 0 Å². The van der Waals surface area contributed by atoms with E-state index in [1.54, 1.807) is 11.8 Å². The average Bonchev–Trinajstić information content (AvgIpc) is 2.22. The molecule has 0 aliphatic rings. The van der Waals surface area contributed by atoms with E-state index in [9.17, 15) is 9.59 Å². The van der Waals surface area contributed by atoms with E-state index >= 15 is 0 Å². The van der Waals surface area contributed by atoms with Crippen LogP contribution >= 0.6 is 0 Å². The van der Waals surface area contributed by atoms with Gasteiger partial charge < -0.3 is 10.2 Å². The fourth-order valence-electron chi connectivity index (χ4n) is 1.41. The van der Waals surface area contributed by atoms with Crippen LogP contribution in [0.1, 0.15) is 41.0 Å². The zero-order valence-electron chi connectivity index (χ0n) is 11.0. The molecule has 0 aromatic rings. The van der Waals surface area contributed by atoms with Gasteiger partial charge in [-0.1, -0.05) is 20.8 Å². The smallest absolute Gasteiger partial charge is 0.222 e. The van der Waals surface area contributed by atoms with Crippen LogP contribution in [0.2, 0.25) is 0 Å². The van der Waals surface area contributed by atoms with Gasteiger partial charge >= 0.3 is 0 Å². The van der Waals surface area contributed by atoms with Crippen molar-refractivity contribution in [3.05, 3.63) is 0 Å². The molecule has 0 bridgehead atoms. The molecule has 0 fully saturated rings. The van der Waals surface area contributed by atoms with Crippen LogP contribution in [0, 0.1) is 5.92 Å². The third-order valence-corrected chi connectivity index (χ3v) is 2.70. The van der Waals surface area contributed by atoms with Crippen LogP contribution in [0.15, 0.2) is 0 Å². The Bertz CT molecular complexity index is 239. The van der Waals surface area contributed by atoms with Crippen molar-refractivity contribution in [3.63, 3.8) is 0 Å². The second-order valence-electron chi connectivity index (χ2n) is 4.42. The zero-order chi connectivity index (χ0) is 12.7. The number of hydrogen-bond donors (Lipinski definition) is 1. The third kappa shape index (κ3) is 5.14. The molecule has 4 heteroatoms. The van der Waals surface area contributed by atoms with Gasteiger partial charge in [0, 0.05) is 32.0 Å². The Balaban J connectivity index is 4.04. The number of nitrogens with zero attached hydrogens (tertiary/aromatic N) is 1. The van der Waals surface area contributed by atoms with Gasteiger partial charge in [-0.2, -0.15) is 0 Å². The van der Waals surface area contributed by atoms with Gasteiger partial charge in [-0.15, -0.1) is 0 Å². The molecule has 0 aliphatic heterocycles. The maximum Gasteiger partial charge on any atom is 0.222 e. The standard InChI is InChI=1S/C12H24N2O2/c1-6-10(4)14(11(5)15)8-7-13-12(16)9(2)3/h9-10H,6-8H2,1-5H3,(H,13,16). The second kappa shape index (κ2) is 7.25. The lowest BCUT2D eigenvalue weighted by atomic mass is 10.2. The van der Waals surface area contributed by atoms with Crippen LogP contribution < -0.4 is 5.32 Å². The Morgan fingerprint density at radius 3 is 2.19 bits per heavy atom. The molecule has 16 heavy (non-hydrogen) atoms. The molecule has 1 unspecified atom stereocenters. The number of carbonyl (C=O) groups excluding carboxylic acids is 2. The molecular formula is C12H24N2O2. The summed E-state index contributed by atoms with van der Waals surface area (Å²) < 4.78 is 0. The van der Waals surface area contributed by atoms with Crippen LogP contribution in [-0.2, 0) is 9.59 Å². The Morgan fingerprint density at radius 1 is 1.25 bits per heavy atom. The van der Waals surface area contributed by atoms with Crippen LogP contribution in [0.5, 0.6) is 0 Å². The summed E-state index contributed by atoms with van der Waals surface area (Å²) in [6.45, 7) is 10.5. The van der Waals surface area contributed by atoms with Gasteiger partial charge in [-0.25, -0.2) is 0 Å². The lowest BCUT2D eigenvalue weighted by Crippen LogP contribution is -2.42. The predicted octanol–water partition coefficient (Wildman–Crippen LogP) is 1.41. The lowest BCUT2D eigenvalue weighted by molar-refractivity contribution is -0.131. The van der Waals surface area contributed by atoms with Crippen LogP contribution in [0.3, 0.4) is 0 Å². The zero-order valence-corrected chi connectivity index (χ0v) is 11.0. The number of hydrogen-bond acceptors (Lipinski definition) is 2. The van der Waals surface area contributed by atoms with E-state index < -0.39 is 0 Å². The number of rotatable bonds is 6. The summed E-state index contributed by atoms with van der Waals surface area (Å²) in [6.07, 6.45) is 0.928. The van der Waals surface area contributed by atoms with Crippen molar-refractivity contribution in [1.29, 1.82) is 0 Å². The van der Waals surface area contributed by atoms with Gasteiger partial charge in [-0.05, 0) is 13.3 Å². The van der Waals surface area contributed by atoms with E-state index in [4.69, 9.17) is 0 Å². The molecular weight excluding hydrogens is 204 g/mol. The first-order chi connectivity index (χ1) is 7.40. The monoisotopic (exact) mass is 228 g/mol. The molecule has 94 valence electrons. The summed E-state index contributed by atoms with van der Waals surface area (Å²) >= 11 is 0. The first-order valence-electron chi connectivity index (χ1n) is 5.95. The van der Waals surface area contributed by atoms with E-state index in [1.165, 1.54) is 0 Å². The lowest BCUT2D eigenvalue weighted by Gasteiger charge is -2.27. The molecule has 1 N–H and O–H groups in total. The molecule has 0 saturated heterocycles. The summed E-state index contributed by atoms with van der Waals surface area (Å²) in [7, 11) is 0. The molecule has 0 spiro atoms. The SMILES string of the molecule is CCC(C)N(CCNC(=O)C(C)C)C(C)=O. The van der Waals surface area contributed by atoms with E-state index in [1.807, 2.05) is 27.7 Å². The second-order valence-corrected chi connectivity index (χ2v) is 4.42. The van der Waals surface area contributed by atoms with E-state index in [0.717, 1.165) is 6.42 Å². The Kier molecular flexibility index (Phi) is 6.77. The van der Waals surface area contributed by atoms with Crippen LogP contribution in [0.25, 0.3) is 0 Å². The first kappa shape index (κ1) is 14.9. The van der Waals surface area contributed by atoms with Crippen molar-refractivity contribution in [2.45, 2.75) is 47.1 Å². The van der Waals surface area contributed by atoms with Crippen molar-refractivity contribution in [3.8, 4) is 0 Å². The molecule has 0 aliphatic carbocycles. The summed E-state index contributed by atoms with van der Waals surface area (Å²) in [5.41, 5.74) is 0. The average molecular weight is 228 g/mol. The number of amides is 2. The van der Waals surface area contributed by atoms with Gasteiger partial charge in [0.15, 0.2) is 0 Å². The first-order valence-corrected chi connectivity index (χ1v) is 5.95. The van der Waals surface area contributed by atoms with Gasteiger partial charge in [0.05, 0.1) is 0 Å². The number of carbonyl (C=O) groups is 2. The highest BCUT2D eigenvalue weighted by Crippen LogP contribution is 2.02. The van der Waals surface area contributed by atoms with Crippen LogP contribution in [0.4, 0.5) is 0 Å². The fourth-order valence-corrected chi connectivity index (χ4v) is 1.41. The van der Waals surface area contributed by atoms with Gasteiger partial charge in [0.2, 0.25) is 11.8 Å². The normalized spacial score (nSPS) is 12.4. The summed E-state index contributed by atoms with van der Waals surface area (Å²) in [5.74, 6) is 0.0928. The maximum atomic E-state index is 11.4. The minimum absolute atomic E-state index is 0.00521. The quantitative estimate of drug-likeness (QED) is 0.747. The highest BCUT2D eigenvalue weighted by Gasteiger charge is 2.15. The maximum absolute atomic E-state index is 11.4. The Morgan fingerprint density at radius 2 is 1.81 bits per heavy atom. The van der Waals surface area contributed by atoms with Gasteiger partial charge in [-0.3, -0.25) is 9.59 Å². The van der Waals surface area contributed by atoms with Crippen molar-refractivity contribution in [2.24, 2.45) is 5.92 Å². The molecule has 0 aromatic carbocycles. The van der Waals surface area contributed by atoms with E-state index in [-0.39, 0.29) is 23.8 Å². The summed E-state index contributed by atoms with van der Waals surface area (Å²) in [5, 5.41) is 2.81. The molecule has 0 radical (unpaired) electrons. The molecule has 0 heterocycles. The minimum Gasteiger partial charge on any atom is -0.354 e. The fraction of sp³-hybridized carbons (Fsp3) is 0.833. The Labute approximate surface area is 98.4 Å². The van der Waals surface area contributed by atoms with Crippen LogP contribution in [-0.4, -0.2) is 35.8 Å². The minimum atomic E-state index is -0.00521. The molecule has 4 nitrogen and oxygen atoms in total. The Hall–Kier alpha value is -1.06. The third-order valence-electron chi connectivity index (χ3n) is 2.70. The summed E-state index contributed by atoms with van der Waals surface area (Å²) in [6, 6.07) is 0.230. The van der Waals surface area contributed by atoms with Crippen molar-refractivity contribution in [2.75, 3.05) is 13.1 Å². The van der Waals surface area contributed by atoms with E-state index in [0.29, 0.717) is 13.1 Å². The largest absolute Gasteiger partial charge is 0.354 e. The molecule has 0 aromatic heterocycles. The topological polar surface area (TPSA) is 49.4 Å². The van der Waals surface area contributed by atoms with Gasteiger partial charge in [0.1, 0.15) is 0 Å². The molecule has 1 atom stereocenters.